The summed E-state index contributed by atoms with van der Waals surface area (Å²) in [5.74, 6) is 1.09. The van der Waals surface area contributed by atoms with Crippen molar-refractivity contribution >= 4 is 26.6 Å². The molecule has 33 heavy (non-hydrogen) atoms. The number of amides is 1. The number of benzene rings is 1. The number of likely N-dealkylation sites (tertiary alicyclic amines) is 1. The average Bonchev–Trinajstić information content (AvgIpc) is 3.40. The number of carbonyl (C=O) groups excluding carboxylic acids is 1. The van der Waals surface area contributed by atoms with Gasteiger partial charge >= 0.3 is 0 Å². The Labute approximate surface area is 190 Å². The van der Waals surface area contributed by atoms with Gasteiger partial charge in [-0.1, -0.05) is 0 Å². The third-order valence-electron chi connectivity index (χ3n) is 5.49. The van der Waals surface area contributed by atoms with E-state index in [0.717, 1.165) is 34.8 Å². The van der Waals surface area contributed by atoms with Crippen LogP contribution in [0, 0.1) is 0 Å². The number of pyridine rings is 1. The van der Waals surface area contributed by atoms with Gasteiger partial charge in [0.2, 0.25) is 5.91 Å². The fourth-order valence-corrected chi connectivity index (χ4v) is 4.41. The number of fused-ring (bicyclic) bond motifs is 1. The lowest BCUT2D eigenvalue weighted by atomic mass is 10.1. The number of rotatable bonds is 6. The molecule has 3 aromatic heterocycles. The summed E-state index contributed by atoms with van der Waals surface area (Å²) in [5, 5.41) is 0.885. The first-order chi connectivity index (χ1) is 15.9. The van der Waals surface area contributed by atoms with E-state index in [1.165, 1.54) is 12.3 Å². The van der Waals surface area contributed by atoms with E-state index in [-0.39, 0.29) is 10.9 Å². The number of carbonyl (C=O) groups is 1. The maximum Gasteiger partial charge on any atom is 0.222 e. The highest BCUT2D eigenvalue weighted by Crippen LogP contribution is 2.33. The van der Waals surface area contributed by atoms with Crippen LogP contribution >= 0.6 is 0 Å². The van der Waals surface area contributed by atoms with Gasteiger partial charge in [0.05, 0.1) is 18.1 Å². The zero-order valence-corrected chi connectivity index (χ0v) is 18.7. The van der Waals surface area contributed by atoms with E-state index in [1.807, 2.05) is 23.1 Å². The van der Waals surface area contributed by atoms with Crippen molar-refractivity contribution in [3.8, 4) is 22.9 Å². The number of aromatic amines is 1. The minimum Gasteiger partial charge on any atom is -0.455 e. The van der Waals surface area contributed by atoms with E-state index < -0.39 is 9.84 Å². The van der Waals surface area contributed by atoms with Gasteiger partial charge in [0, 0.05) is 54.6 Å². The van der Waals surface area contributed by atoms with Crippen LogP contribution in [0.5, 0.6) is 11.5 Å². The highest BCUT2D eigenvalue weighted by atomic mass is 32.2. The van der Waals surface area contributed by atoms with Crippen molar-refractivity contribution in [1.29, 1.82) is 0 Å². The molecule has 10 heteroatoms. The smallest absolute Gasteiger partial charge is 0.222 e. The van der Waals surface area contributed by atoms with E-state index in [2.05, 4.69) is 19.9 Å². The molecule has 0 spiro atoms. The van der Waals surface area contributed by atoms with Gasteiger partial charge in [0.15, 0.2) is 14.9 Å². The third-order valence-corrected chi connectivity index (χ3v) is 6.49. The van der Waals surface area contributed by atoms with Gasteiger partial charge in [-0.3, -0.25) is 14.8 Å². The first-order valence-corrected chi connectivity index (χ1v) is 12.3. The summed E-state index contributed by atoms with van der Waals surface area (Å²) in [6.45, 7) is 1.12. The molecule has 0 aliphatic carbocycles. The molecule has 1 N–H and O–H groups in total. The fourth-order valence-electron chi connectivity index (χ4n) is 3.85. The van der Waals surface area contributed by atoms with Gasteiger partial charge in [-0.2, -0.15) is 0 Å². The normalized spacial score (nSPS) is 14.2. The Morgan fingerprint density at radius 3 is 2.67 bits per heavy atom. The summed E-state index contributed by atoms with van der Waals surface area (Å²) in [5.41, 5.74) is 3.25. The topological polar surface area (TPSA) is 118 Å². The summed E-state index contributed by atoms with van der Waals surface area (Å²) >= 11 is 0. The van der Waals surface area contributed by atoms with Gasteiger partial charge in [0.1, 0.15) is 17.2 Å². The first kappa shape index (κ1) is 21.1. The molecule has 1 aliphatic rings. The third kappa shape index (κ3) is 4.42. The lowest BCUT2D eigenvalue weighted by Crippen LogP contribution is -2.24. The number of aromatic nitrogens is 4. The van der Waals surface area contributed by atoms with Crippen molar-refractivity contribution in [2.24, 2.45) is 0 Å². The summed E-state index contributed by atoms with van der Waals surface area (Å²) in [6, 6.07) is 8.80. The molecule has 4 heterocycles. The zero-order valence-electron chi connectivity index (χ0n) is 17.9. The first-order valence-electron chi connectivity index (χ1n) is 10.4. The van der Waals surface area contributed by atoms with Crippen LogP contribution in [0.4, 0.5) is 0 Å². The molecule has 0 saturated carbocycles. The van der Waals surface area contributed by atoms with E-state index in [9.17, 15) is 13.2 Å². The lowest BCUT2D eigenvalue weighted by molar-refractivity contribution is -0.128. The standard InChI is InChI=1S/C23H21N5O4S/c1-33(30,31)22-5-4-17(12-26-22)32-21-11-15-9-19(20-13-24-6-7-25-20)27-18(15)10-16(21)14-28-8-2-3-23(28)29/h4-7,9-13,27H,2-3,8,14H2,1H3. The van der Waals surface area contributed by atoms with Crippen molar-refractivity contribution in [2.45, 2.75) is 24.4 Å². The van der Waals surface area contributed by atoms with Crippen molar-refractivity contribution < 1.29 is 17.9 Å². The maximum absolute atomic E-state index is 12.2. The maximum atomic E-state index is 12.2. The molecule has 9 nitrogen and oxygen atoms in total. The SMILES string of the molecule is CS(=O)(=O)c1ccc(Oc2cc3cc(-c4cnccn4)[nH]c3cc2CN2CCCC2=O)cn1. The minimum atomic E-state index is -3.40. The number of ether oxygens (including phenoxy) is 1. The molecule has 0 unspecified atom stereocenters. The van der Waals surface area contributed by atoms with Gasteiger partial charge < -0.3 is 14.6 Å². The lowest BCUT2D eigenvalue weighted by Gasteiger charge is -2.18. The number of nitrogens with one attached hydrogen (secondary N) is 1. The number of hydrogen-bond acceptors (Lipinski definition) is 7. The van der Waals surface area contributed by atoms with Crippen LogP contribution in [0.1, 0.15) is 18.4 Å². The second kappa shape index (κ2) is 8.28. The molecule has 1 aromatic carbocycles. The van der Waals surface area contributed by atoms with Crippen LogP contribution in [0.25, 0.3) is 22.3 Å². The molecule has 5 rings (SSSR count). The summed E-state index contributed by atoms with van der Waals surface area (Å²) in [6.07, 6.45) is 8.81. The Balaban J connectivity index is 1.54. The quantitative estimate of drug-likeness (QED) is 0.466. The average molecular weight is 464 g/mol. The van der Waals surface area contributed by atoms with Crippen molar-refractivity contribution in [1.82, 2.24) is 24.8 Å². The van der Waals surface area contributed by atoms with E-state index in [4.69, 9.17) is 4.74 Å². The van der Waals surface area contributed by atoms with Gasteiger partial charge in [-0.05, 0) is 36.8 Å². The molecule has 1 aliphatic heterocycles. The summed E-state index contributed by atoms with van der Waals surface area (Å²) in [7, 11) is -3.40. The van der Waals surface area contributed by atoms with Crippen LogP contribution in [0.3, 0.4) is 0 Å². The Kier molecular flexibility index (Phi) is 5.29. The monoisotopic (exact) mass is 463 g/mol. The molecule has 0 bridgehead atoms. The second-order valence-corrected chi connectivity index (χ2v) is 9.91. The number of H-pyrrole nitrogens is 1. The highest BCUT2D eigenvalue weighted by molar-refractivity contribution is 7.90. The fraction of sp³-hybridized carbons (Fsp3) is 0.217. The molecule has 1 amide bonds. The van der Waals surface area contributed by atoms with Gasteiger partial charge in [0.25, 0.3) is 0 Å². The van der Waals surface area contributed by atoms with Crippen LogP contribution < -0.4 is 4.74 Å². The molecule has 1 fully saturated rings. The number of nitrogens with zero attached hydrogens (tertiary/aromatic N) is 4. The summed E-state index contributed by atoms with van der Waals surface area (Å²) < 4.78 is 29.5. The van der Waals surface area contributed by atoms with Gasteiger partial charge in [-0.25, -0.2) is 13.4 Å². The molecule has 0 radical (unpaired) electrons. The molecular weight excluding hydrogens is 442 g/mol. The molecule has 168 valence electrons. The van der Waals surface area contributed by atoms with E-state index in [1.54, 1.807) is 24.7 Å². The van der Waals surface area contributed by atoms with Crippen LogP contribution in [0.2, 0.25) is 0 Å². The van der Waals surface area contributed by atoms with Crippen LogP contribution in [-0.4, -0.2) is 52.0 Å². The Bertz CT molecular complexity index is 1430. The largest absolute Gasteiger partial charge is 0.455 e. The minimum absolute atomic E-state index is 0.0209. The van der Waals surface area contributed by atoms with Gasteiger partial charge in [-0.15, -0.1) is 0 Å². The number of hydrogen-bond donors (Lipinski definition) is 1. The van der Waals surface area contributed by atoms with Crippen LogP contribution in [-0.2, 0) is 21.2 Å². The Morgan fingerprint density at radius 2 is 2.00 bits per heavy atom. The van der Waals surface area contributed by atoms with Crippen molar-refractivity contribution in [3.05, 3.63) is 60.7 Å². The number of sulfone groups is 1. The highest BCUT2D eigenvalue weighted by Gasteiger charge is 2.22. The Morgan fingerprint density at radius 1 is 1.12 bits per heavy atom. The predicted molar refractivity (Wildman–Crippen MR) is 121 cm³/mol. The van der Waals surface area contributed by atoms with Crippen molar-refractivity contribution in [2.75, 3.05) is 12.8 Å². The second-order valence-electron chi connectivity index (χ2n) is 7.95. The van der Waals surface area contributed by atoms with Crippen molar-refractivity contribution in [3.63, 3.8) is 0 Å². The molecule has 1 saturated heterocycles. The van der Waals surface area contributed by atoms with Crippen LogP contribution in [0.15, 0.2) is 60.1 Å². The molecule has 4 aromatic rings. The summed E-state index contributed by atoms with van der Waals surface area (Å²) in [4.78, 5) is 29.9. The molecule has 0 atom stereocenters. The Hall–Kier alpha value is -3.79. The predicted octanol–water partition coefficient (Wildman–Crippen LogP) is 3.34. The van der Waals surface area contributed by atoms with E-state index in [0.29, 0.717) is 36.7 Å². The van der Waals surface area contributed by atoms with E-state index >= 15 is 0 Å². The zero-order chi connectivity index (χ0) is 23.0. The molecular formula is C23H21N5O4S.